The molecule has 0 aromatic carbocycles. The first-order valence-electron chi connectivity index (χ1n) is 16.9. The van der Waals surface area contributed by atoms with E-state index in [2.05, 4.69) is 42.7 Å². The van der Waals surface area contributed by atoms with Gasteiger partial charge in [-0.15, -0.1) is 22.7 Å². The number of hydrogen-bond acceptors (Lipinski definition) is 10. The van der Waals surface area contributed by atoms with E-state index in [1.807, 2.05) is 49.9 Å². The number of thiophene rings is 2. The monoisotopic (exact) mass is 724 g/mol. The van der Waals surface area contributed by atoms with Gasteiger partial charge in [0.25, 0.3) is 0 Å². The maximum atomic E-state index is 13.5. The average molecular weight is 725 g/mol. The second kappa shape index (κ2) is 14.8. The molecule has 4 amide bonds. The van der Waals surface area contributed by atoms with Gasteiger partial charge in [-0.2, -0.15) is 0 Å². The van der Waals surface area contributed by atoms with Crippen LogP contribution in [0.4, 0.5) is 9.59 Å². The SMILES string of the molecule is COC(=O)NC(C(=O)N1CCC[C@H]1c1ncc(-c2cc3sc(-c4cnc([C@@H]5CCCN5C(=O)[C@@H](NC(=O)OC)C(C)C)[nH]4)cc3s2)[nH]1)C(C)C. The number of aromatic nitrogens is 4. The van der Waals surface area contributed by atoms with Crippen molar-refractivity contribution in [2.24, 2.45) is 11.8 Å². The normalized spacial score (nSPS) is 19.0. The van der Waals surface area contributed by atoms with Crippen LogP contribution in [0.1, 0.15) is 77.1 Å². The summed E-state index contributed by atoms with van der Waals surface area (Å²) >= 11 is 3.32. The minimum absolute atomic E-state index is 0.103. The first kappa shape index (κ1) is 35.4. The summed E-state index contributed by atoms with van der Waals surface area (Å²) in [4.78, 5) is 72.9. The molecule has 2 aliphatic heterocycles. The standard InChI is InChI=1S/C34H44N8O6S2/c1-17(2)27(39-33(45)47-5)31(43)41-11-7-9-21(41)29-35-15-19(37-29)23-13-25-26(49-23)14-24(50-25)20-16-36-30(38-20)22-10-8-12-42(22)32(44)28(18(3)4)40-34(46)48-6/h13-18,21-22,27-28H,7-12H2,1-6H3,(H,35,37)(H,36,38)(H,39,45)(H,40,46)/t21-,22-,27-,28?/m0/s1. The van der Waals surface area contributed by atoms with Gasteiger partial charge < -0.3 is 39.9 Å². The molecule has 14 nitrogen and oxygen atoms in total. The number of ether oxygens (including phenoxy) is 2. The highest BCUT2D eigenvalue weighted by atomic mass is 32.1. The number of nitrogens with zero attached hydrogens (tertiary/aromatic N) is 4. The first-order valence-corrected chi connectivity index (χ1v) is 18.6. The molecular weight excluding hydrogens is 681 g/mol. The first-order chi connectivity index (χ1) is 24.0. The van der Waals surface area contributed by atoms with Gasteiger partial charge >= 0.3 is 12.2 Å². The zero-order valence-corrected chi connectivity index (χ0v) is 30.7. The Hall–Kier alpha value is -4.44. The number of H-pyrrole nitrogens is 2. The highest BCUT2D eigenvalue weighted by molar-refractivity contribution is 7.31. The van der Waals surface area contributed by atoms with Crippen molar-refractivity contribution in [3.8, 4) is 21.1 Å². The van der Waals surface area contributed by atoms with Gasteiger partial charge in [0.2, 0.25) is 11.8 Å². The second-order valence-corrected chi connectivity index (χ2v) is 15.6. The van der Waals surface area contributed by atoms with Gasteiger partial charge in [-0.25, -0.2) is 19.6 Å². The Labute approximate surface area is 298 Å². The van der Waals surface area contributed by atoms with Gasteiger partial charge in [0, 0.05) is 22.5 Å². The van der Waals surface area contributed by atoms with Crippen LogP contribution in [0.15, 0.2) is 24.5 Å². The molecule has 2 saturated heterocycles. The lowest BCUT2D eigenvalue weighted by Crippen LogP contribution is -2.51. The Morgan fingerprint density at radius 3 is 1.50 bits per heavy atom. The van der Waals surface area contributed by atoms with Gasteiger partial charge in [0.05, 0.1) is 59.8 Å². The number of amides is 4. The van der Waals surface area contributed by atoms with Gasteiger partial charge in [0.1, 0.15) is 23.7 Å². The van der Waals surface area contributed by atoms with E-state index >= 15 is 0 Å². The molecule has 0 saturated carbocycles. The van der Waals surface area contributed by atoms with Crippen molar-refractivity contribution in [2.45, 2.75) is 77.5 Å². The zero-order valence-electron chi connectivity index (χ0n) is 29.1. The molecule has 4 aromatic rings. The van der Waals surface area contributed by atoms with Crippen molar-refractivity contribution < 1.29 is 28.7 Å². The number of nitrogens with one attached hydrogen (secondary N) is 4. The van der Waals surface area contributed by atoms with E-state index in [1.165, 1.54) is 14.2 Å². The van der Waals surface area contributed by atoms with Crippen molar-refractivity contribution in [3.05, 3.63) is 36.2 Å². The number of likely N-dealkylation sites (tertiary alicyclic amines) is 2. The Morgan fingerprint density at radius 1 is 0.740 bits per heavy atom. The third-order valence-electron chi connectivity index (χ3n) is 9.41. The summed E-state index contributed by atoms with van der Waals surface area (Å²) in [7, 11) is 2.58. The summed E-state index contributed by atoms with van der Waals surface area (Å²) in [6.07, 6.45) is 5.66. The fourth-order valence-electron chi connectivity index (χ4n) is 6.75. The number of fused-ring (bicyclic) bond motifs is 1. The third-order valence-corrected chi connectivity index (χ3v) is 11.8. The van der Waals surface area contributed by atoms with E-state index in [4.69, 9.17) is 9.47 Å². The number of carbonyl (C=O) groups is 4. The Morgan fingerprint density at radius 2 is 1.14 bits per heavy atom. The molecule has 16 heteroatoms. The van der Waals surface area contributed by atoms with E-state index in [0.29, 0.717) is 13.1 Å². The summed E-state index contributed by atoms with van der Waals surface area (Å²) in [5.74, 6) is 0.976. The van der Waals surface area contributed by atoms with Crippen LogP contribution in [0, 0.1) is 11.8 Å². The van der Waals surface area contributed by atoms with E-state index in [-0.39, 0.29) is 35.7 Å². The summed E-state index contributed by atoms with van der Waals surface area (Å²) in [5.41, 5.74) is 1.78. The molecule has 0 spiro atoms. The van der Waals surface area contributed by atoms with Crippen LogP contribution < -0.4 is 10.6 Å². The van der Waals surface area contributed by atoms with E-state index in [9.17, 15) is 19.2 Å². The molecule has 4 N–H and O–H groups in total. The molecule has 0 bridgehead atoms. The molecule has 2 fully saturated rings. The number of alkyl carbamates (subject to hydrolysis) is 2. The third kappa shape index (κ3) is 7.08. The molecule has 1 unspecified atom stereocenters. The predicted octanol–water partition coefficient (Wildman–Crippen LogP) is 5.83. The molecule has 50 heavy (non-hydrogen) atoms. The van der Waals surface area contributed by atoms with E-state index in [1.54, 1.807) is 22.7 Å². The molecule has 0 radical (unpaired) electrons. The van der Waals surface area contributed by atoms with Crippen LogP contribution in [0.25, 0.3) is 30.5 Å². The van der Waals surface area contributed by atoms with Crippen LogP contribution in [0.2, 0.25) is 0 Å². The molecule has 4 aromatic heterocycles. The Bertz CT molecular complexity index is 1700. The number of aromatic amines is 2. The average Bonchev–Trinajstić information content (AvgIpc) is 3.93. The van der Waals surface area contributed by atoms with Crippen LogP contribution >= 0.6 is 22.7 Å². The van der Waals surface area contributed by atoms with Gasteiger partial charge in [-0.05, 0) is 49.7 Å². The van der Waals surface area contributed by atoms with E-state index < -0.39 is 24.3 Å². The molecule has 6 rings (SSSR count). The fraction of sp³-hybridized carbons (Fsp3) is 0.529. The summed E-state index contributed by atoms with van der Waals surface area (Å²) < 4.78 is 11.8. The van der Waals surface area contributed by atoms with Crippen molar-refractivity contribution in [3.63, 3.8) is 0 Å². The Balaban J connectivity index is 1.15. The van der Waals surface area contributed by atoms with Crippen LogP contribution in [0.3, 0.4) is 0 Å². The van der Waals surface area contributed by atoms with Crippen molar-refractivity contribution in [1.29, 1.82) is 0 Å². The topological polar surface area (TPSA) is 175 Å². The van der Waals surface area contributed by atoms with Gasteiger partial charge in [-0.1, -0.05) is 27.7 Å². The summed E-state index contributed by atoms with van der Waals surface area (Å²) in [6.45, 7) is 8.79. The minimum Gasteiger partial charge on any atom is -0.453 e. The maximum Gasteiger partial charge on any atom is 0.407 e. The van der Waals surface area contributed by atoms with Crippen LogP contribution in [-0.2, 0) is 19.1 Å². The fourth-order valence-corrected chi connectivity index (χ4v) is 9.08. The van der Waals surface area contributed by atoms with Crippen molar-refractivity contribution in [1.82, 2.24) is 40.4 Å². The smallest absolute Gasteiger partial charge is 0.407 e. The van der Waals surface area contributed by atoms with Crippen molar-refractivity contribution in [2.75, 3.05) is 27.3 Å². The van der Waals surface area contributed by atoms with Crippen LogP contribution in [0.5, 0.6) is 0 Å². The quantitative estimate of drug-likeness (QED) is 0.158. The maximum absolute atomic E-state index is 13.5. The predicted molar refractivity (Wildman–Crippen MR) is 191 cm³/mol. The van der Waals surface area contributed by atoms with Gasteiger partial charge in [-0.3, -0.25) is 9.59 Å². The van der Waals surface area contributed by atoms with Crippen LogP contribution in [-0.4, -0.2) is 93.1 Å². The molecule has 0 aliphatic carbocycles. The summed E-state index contributed by atoms with van der Waals surface area (Å²) in [6, 6.07) is 2.51. The molecule has 2 aliphatic rings. The zero-order chi connectivity index (χ0) is 35.7. The summed E-state index contributed by atoms with van der Waals surface area (Å²) in [5, 5.41) is 5.38. The largest absolute Gasteiger partial charge is 0.453 e. The lowest BCUT2D eigenvalue weighted by atomic mass is 10.0. The molecule has 6 heterocycles. The number of hydrogen-bond donors (Lipinski definition) is 4. The number of methoxy groups -OCH3 is 2. The highest BCUT2D eigenvalue weighted by Crippen LogP contribution is 2.42. The number of rotatable bonds is 10. The second-order valence-electron chi connectivity index (χ2n) is 13.4. The Kier molecular flexibility index (Phi) is 10.5. The molecule has 4 atom stereocenters. The molecule has 268 valence electrons. The lowest BCUT2D eigenvalue weighted by Gasteiger charge is -2.30. The molecular formula is C34H44N8O6S2. The highest BCUT2D eigenvalue weighted by Gasteiger charge is 2.39. The number of imidazole rings is 2. The minimum atomic E-state index is -0.686. The lowest BCUT2D eigenvalue weighted by molar-refractivity contribution is -0.136. The van der Waals surface area contributed by atoms with Crippen molar-refractivity contribution >= 4 is 56.1 Å². The number of carbonyl (C=O) groups excluding carboxylic acids is 4. The van der Waals surface area contributed by atoms with Gasteiger partial charge in [0.15, 0.2) is 0 Å². The van der Waals surface area contributed by atoms with E-state index in [0.717, 1.165) is 67.9 Å².